The van der Waals surface area contributed by atoms with Crippen LogP contribution in [0.4, 0.5) is 18.9 Å². The van der Waals surface area contributed by atoms with Gasteiger partial charge < -0.3 is 10.6 Å². The molecular formula is C12H12ClF3N2O. The van der Waals surface area contributed by atoms with E-state index in [1.807, 2.05) is 0 Å². The van der Waals surface area contributed by atoms with Gasteiger partial charge in [-0.2, -0.15) is 13.2 Å². The van der Waals surface area contributed by atoms with Crippen molar-refractivity contribution in [2.75, 3.05) is 11.9 Å². The number of nitrogens with one attached hydrogen (secondary N) is 2. The van der Waals surface area contributed by atoms with Crippen molar-refractivity contribution in [1.29, 1.82) is 0 Å². The van der Waals surface area contributed by atoms with Crippen molar-refractivity contribution in [2.45, 2.75) is 25.1 Å². The van der Waals surface area contributed by atoms with Gasteiger partial charge >= 0.3 is 6.18 Å². The Labute approximate surface area is 113 Å². The Bertz CT molecular complexity index is 484. The van der Waals surface area contributed by atoms with E-state index in [2.05, 4.69) is 10.6 Å². The molecule has 1 aromatic rings. The second kappa shape index (κ2) is 5.38. The summed E-state index contributed by atoms with van der Waals surface area (Å²) in [6.45, 7) is 0.731. The van der Waals surface area contributed by atoms with Gasteiger partial charge in [0.25, 0.3) is 0 Å². The van der Waals surface area contributed by atoms with E-state index in [0.717, 1.165) is 31.2 Å². The average molecular weight is 293 g/mol. The second-order valence-corrected chi connectivity index (χ2v) is 4.74. The molecule has 1 aromatic carbocycles. The highest BCUT2D eigenvalue weighted by atomic mass is 35.5. The third-order valence-corrected chi connectivity index (χ3v) is 3.26. The van der Waals surface area contributed by atoms with Gasteiger partial charge in [-0.15, -0.1) is 0 Å². The first-order valence-corrected chi connectivity index (χ1v) is 6.17. The molecule has 0 bridgehead atoms. The Kier molecular flexibility index (Phi) is 4.01. The van der Waals surface area contributed by atoms with Crippen LogP contribution in [-0.4, -0.2) is 18.5 Å². The van der Waals surface area contributed by atoms with E-state index in [1.54, 1.807) is 0 Å². The van der Waals surface area contributed by atoms with Gasteiger partial charge in [0.15, 0.2) is 0 Å². The monoisotopic (exact) mass is 292 g/mol. The van der Waals surface area contributed by atoms with Gasteiger partial charge in [-0.1, -0.05) is 11.6 Å². The number of rotatable bonds is 2. The van der Waals surface area contributed by atoms with Crippen molar-refractivity contribution < 1.29 is 18.0 Å². The summed E-state index contributed by atoms with van der Waals surface area (Å²) in [7, 11) is 0. The van der Waals surface area contributed by atoms with Gasteiger partial charge in [0.2, 0.25) is 5.91 Å². The summed E-state index contributed by atoms with van der Waals surface area (Å²) in [5, 5.41) is 5.48. The van der Waals surface area contributed by atoms with Gasteiger partial charge in [-0.25, -0.2) is 0 Å². The highest BCUT2D eigenvalue weighted by Crippen LogP contribution is 2.33. The third-order valence-electron chi connectivity index (χ3n) is 2.93. The summed E-state index contributed by atoms with van der Waals surface area (Å²) in [6, 6.07) is 2.48. The van der Waals surface area contributed by atoms with E-state index in [4.69, 9.17) is 11.6 Å². The predicted octanol–water partition coefficient (Wildman–Crippen LogP) is 3.05. The van der Waals surface area contributed by atoms with Gasteiger partial charge in [0.05, 0.1) is 22.3 Å². The van der Waals surface area contributed by atoms with Gasteiger partial charge in [0.1, 0.15) is 0 Å². The lowest BCUT2D eigenvalue weighted by Gasteiger charge is -2.14. The van der Waals surface area contributed by atoms with Crippen LogP contribution in [-0.2, 0) is 11.0 Å². The lowest BCUT2D eigenvalue weighted by atomic mass is 10.1. The molecule has 1 heterocycles. The number of carbonyl (C=O) groups excluding carboxylic acids is 1. The van der Waals surface area contributed by atoms with E-state index in [-0.39, 0.29) is 22.7 Å². The first-order chi connectivity index (χ1) is 8.88. The molecule has 1 aliphatic heterocycles. The standard InChI is InChI=1S/C12H12ClF3N2O/c13-8-4-3-7(12(14,15)16)6-10(8)18-11(19)9-2-1-5-17-9/h3-4,6,9,17H,1-2,5H2,(H,18,19)/t9-/m0/s1. The molecule has 1 saturated heterocycles. The molecule has 19 heavy (non-hydrogen) atoms. The lowest BCUT2D eigenvalue weighted by molar-refractivity contribution is -0.137. The third kappa shape index (κ3) is 3.39. The Hall–Kier alpha value is -1.27. The first kappa shape index (κ1) is 14.1. The fourth-order valence-electron chi connectivity index (χ4n) is 1.93. The minimum atomic E-state index is -4.46. The molecule has 0 aromatic heterocycles. The molecule has 0 spiro atoms. The number of hydrogen-bond donors (Lipinski definition) is 2. The molecule has 0 aliphatic carbocycles. The van der Waals surface area contributed by atoms with E-state index in [0.29, 0.717) is 6.42 Å². The largest absolute Gasteiger partial charge is 0.416 e. The number of amides is 1. The van der Waals surface area contributed by atoms with Crippen LogP contribution in [0.25, 0.3) is 0 Å². The Balaban J connectivity index is 2.17. The molecule has 1 amide bonds. The van der Waals surface area contributed by atoms with Crippen LogP contribution in [0.3, 0.4) is 0 Å². The zero-order chi connectivity index (χ0) is 14.0. The molecule has 1 aliphatic rings. The normalized spacial score (nSPS) is 19.5. The molecule has 0 radical (unpaired) electrons. The highest BCUT2D eigenvalue weighted by Gasteiger charge is 2.31. The van der Waals surface area contributed by atoms with E-state index < -0.39 is 11.7 Å². The fraction of sp³-hybridized carbons (Fsp3) is 0.417. The average Bonchev–Trinajstić information content (AvgIpc) is 2.84. The molecule has 2 N–H and O–H groups in total. The van der Waals surface area contributed by atoms with Gasteiger partial charge in [0, 0.05) is 0 Å². The first-order valence-electron chi connectivity index (χ1n) is 5.79. The number of anilines is 1. The van der Waals surface area contributed by atoms with Crippen molar-refractivity contribution in [3.8, 4) is 0 Å². The second-order valence-electron chi connectivity index (χ2n) is 4.33. The number of benzene rings is 1. The molecule has 0 unspecified atom stereocenters. The van der Waals surface area contributed by atoms with Crippen LogP contribution < -0.4 is 10.6 Å². The summed E-state index contributed by atoms with van der Waals surface area (Å²) in [5.41, 5.74) is -0.859. The zero-order valence-corrected chi connectivity index (χ0v) is 10.6. The van der Waals surface area contributed by atoms with Crippen LogP contribution in [0, 0.1) is 0 Å². The Morgan fingerprint density at radius 2 is 2.16 bits per heavy atom. The fourth-order valence-corrected chi connectivity index (χ4v) is 2.09. The van der Waals surface area contributed by atoms with Crippen molar-refractivity contribution in [3.63, 3.8) is 0 Å². The molecule has 3 nitrogen and oxygen atoms in total. The zero-order valence-electron chi connectivity index (χ0n) is 9.85. The number of alkyl halides is 3. The smallest absolute Gasteiger partial charge is 0.323 e. The van der Waals surface area contributed by atoms with Gasteiger partial charge in [-0.3, -0.25) is 4.79 Å². The maximum atomic E-state index is 12.6. The maximum Gasteiger partial charge on any atom is 0.416 e. The van der Waals surface area contributed by atoms with Crippen LogP contribution in [0.2, 0.25) is 5.02 Å². The van der Waals surface area contributed by atoms with Crippen molar-refractivity contribution >= 4 is 23.2 Å². The van der Waals surface area contributed by atoms with E-state index in [1.165, 1.54) is 0 Å². The van der Waals surface area contributed by atoms with Crippen molar-refractivity contribution in [3.05, 3.63) is 28.8 Å². The number of hydrogen-bond acceptors (Lipinski definition) is 2. The molecule has 2 rings (SSSR count). The van der Waals surface area contributed by atoms with Crippen molar-refractivity contribution in [2.24, 2.45) is 0 Å². The SMILES string of the molecule is O=C(Nc1cc(C(F)(F)F)ccc1Cl)[C@@H]1CCCN1. The molecule has 104 valence electrons. The molecule has 0 saturated carbocycles. The summed E-state index contributed by atoms with van der Waals surface area (Å²) in [5.74, 6) is -0.362. The quantitative estimate of drug-likeness (QED) is 0.879. The van der Waals surface area contributed by atoms with Crippen LogP contribution in [0.1, 0.15) is 18.4 Å². The predicted molar refractivity (Wildman–Crippen MR) is 66.1 cm³/mol. The molecular weight excluding hydrogens is 281 g/mol. The molecule has 1 atom stereocenters. The summed E-state index contributed by atoms with van der Waals surface area (Å²) in [6.07, 6.45) is -2.92. The topological polar surface area (TPSA) is 41.1 Å². The van der Waals surface area contributed by atoms with Gasteiger partial charge in [-0.05, 0) is 37.6 Å². The number of halogens is 4. The summed E-state index contributed by atoms with van der Waals surface area (Å²) < 4.78 is 37.7. The van der Waals surface area contributed by atoms with Crippen LogP contribution >= 0.6 is 11.6 Å². The van der Waals surface area contributed by atoms with Crippen LogP contribution in [0.15, 0.2) is 18.2 Å². The van der Waals surface area contributed by atoms with E-state index in [9.17, 15) is 18.0 Å². The van der Waals surface area contributed by atoms with Crippen molar-refractivity contribution in [1.82, 2.24) is 5.32 Å². The lowest BCUT2D eigenvalue weighted by Crippen LogP contribution is -2.35. The Morgan fingerprint density at radius 3 is 2.74 bits per heavy atom. The minimum absolute atomic E-state index is 0.0183. The van der Waals surface area contributed by atoms with Crippen LogP contribution in [0.5, 0.6) is 0 Å². The molecule has 7 heteroatoms. The summed E-state index contributed by atoms with van der Waals surface area (Å²) >= 11 is 5.79. The number of carbonyl (C=O) groups is 1. The Morgan fingerprint density at radius 1 is 1.42 bits per heavy atom. The molecule has 1 fully saturated rings. The van der Waals surface area contributed by atoms with E-state index >= 15 is 0 Å². The summed E-state index contributed by atoms with van der Waals surface area (Å²) in [4.78, 5) is 11.8. The minimum Gasteiger partial charge on any atom is -0.323 e. The maximum absolute atomic E-state index is 12.6. The highest BCUT2D eigenvalue weighted by molar-refractivity contribution is 6.33.